The van der Waals surface area contributed by atoms with Gasteiger partial charge in [-0.05, 0) is 57.5 Å². The van der Waals surface area contributed by atoms with Gasteiger partial charge in [0.25, 0.3) is 0 Å². The lowest BCUT2D eigenvalue weighted by atomic mass is 10.1. The third-order valence-electron chi connectivity index (χ3n) is 5.14. The maximum absolute atomic E-state index is 4.95. The van der Waals surface area contributed by atoms with Gasteiger partial charge in [0.05, 0.1) is 11.0 Å². The first kappa shape index (κ1) is 20.8. The molecule has 0 fully saturated rings. The molecule has 0 atom stereocenters. The molecule has 1 N–H and O–H groups in total. The van der Waals surface area contributed by atoms with Gasteiger partial charge in [0.15, 0.2) is 0 Å². The third kappa shape index (κ3) is 5.73. The van der Waals surface area contributed by atoms with Crippen molar-refractivity contribution in [3.05, 3.63) is 24.0 Å². The van der Waals surface area contributed by atoms with Gasteiger partial charge in [0, 0.05) is 32.2 Å². The minimum atomic E-state index is 1.08. The lowest BCUT2D eigenvalue weighted by Crippen LogP contribution is -2.24. The topological polar surface area (TPSA) is 33.1 Å². The highest BCUT2D eigenvalue weighted by atomic mass is 15.1. The molecule has 2 aromatic rings. The van der Waals surface area contributed by atoms with E-state index in [4.69, 9.17) is 4.98 Å². The van der Waals surface area contributed by atoms with Crippen LogP contribution in [0, 0.1) is 0 Å². The number of aryl methyl sites for hydroxylation is 2. The fourth-order valence-electron chi connectivity index (χ4n) is 3.68. The Morgan fingerprint density at radius 1 is 1.00 bits per heavy atom. The number of unbranched alkanes of at least 4 members (excludes halogenated alkanes) is 4. The van der Waals surface area contributed by atoms with Gasteiger partial charge in [-0.15, -0.1) is 0 Å². The quantitative estimate of drug-likeness (QED) is 0.516. The predicted octanol–water partition coefficient (Wildman–Crippen LogP) is 4.91. The van der Waals surface area contributed by atoms with Crippen LogP contribution in [0.15, 0.2) is 18.2 Å². The van der Waals surface area contributed by atoms with Crippen LogP contribution in [0.2, 0.25) is 0 Å². The Kier molecular flexibility index (Phi) is 8.96. The Morgan fingerprint density at radius 2 is 1.69 bits per heavy atom. The van der Waals surface area contributed by atoms with Crippen molar-refractivity contribution in [3.63, 3.8) is 0 Å². The van der Waals surface area contributed by atoms with E-state index in [1.54, 1.807) is 0 Å². The van der Waals surface area contributed by atoms with Crippen LogP contribution in [0.1, 0.15) is 64.6 Å². The van der Waals surface area contributed by atoms with Crippen molar-refractivity contribution in [2.45, 2.75) is 65.2 Å². The second kappa shape index (κ2) is 11.2. The molecule has 26 heavy (non-hydrogen) atoms. The molecular formula is C22H38N4. The van der Waals surface area contributed by atoms with Crippen molar-refractivity contribution in [2.75, 3.05) is 31.6 Å². The number of aromatic nitrogens is 2. The van der Waals surface area contributed by atoms with Crippen LogP contribution in [0.5, 0.6) is 0 Å². The van der Waals surface area contributed by atoms with Gasteiger partial charge in [0.1, 0.15) is 5.82 Å². The number of anilines is 1. The van der Waals surface area contributed by atoms with E-state index in [-0.39, 0.29) is 0 Å². The van der Waals surface area contributed by atoms with Gasteiger partial charge in [0.2, 0.25) is 0 Å². The van der Waals surface area contributed by atoms with Gasteiger partial charge < -0.3 is 14.8 Å². The van der Waals surface area contributed by atoms with Crippen LogP contribution in [-0.2, 0) is 13.5 Å². The highest BCUT2D eigenvalue weighted by Gasteiger charge is 2.11. The Morgan fingerprint density at radius 3 is 2.38 bits per heavy atom. The molecule has 0 aliphatic rings. The molecule has 1 aromatic carbocycles. The van der Waals surface area contributed by atoms with Crippen molar-refractivity contribution >= 4 is 16.7 Å². The van der Waals surface area contributed by atoms with Crippen molar-refractivity contribution < 1.29 is 0 Å². The van der Waals surface area contributed by atoms with E-state index >= 15 is 0 Å². The molecule has 4 heteroatoms. The summed E-state index contributed by atoms with van der Waals surface area (Å²) in [6.07, 6.45) is 9.94. The predicted molar refractivity (Wildman–Crippen MR) is 114 cm³/mol. The molecule has 0 amide bonds. The Balaban J connectivity index is 1.98. The van der Waals surface area contributed by atoms with Crippen molar-refractivity contribution in [2.24, 2.45) is 7.05 Å². The molecule has 0 bridgehead atoms. The first-order valence-corrected chi connectivity index (χ1v) is 10.6. The monoisotopic (exact) mass is 358 g/mol. The molecule has 1 heterocycles. The second-order valence-electron chi connectivity index (χ2n) is 7.37. The summed E-state index contributed by atoms with van der Waals surface area (Å²) in [6, 6.07) is 6.79. The number of hydrogen-bond acceptors (Lipinski definition) is 3. The first-order chi connectivity index (χ1) is 12.7. The summed E-state index contributed by atoms with van der Waals surface area (Å²) in [6.45, 7) is 7.87. The summed E-state index contributed by atoms with van der Waals surface area (Å²) in [4.78, 5) is 7.43. The SMILES string of the molecule is CCCN(CCC)c1ccc2c(c1)nc(CCCCCCCNC)n2C. The molecule has 0 aliphatic carbocycles. The number of imidazole rings is 1. The fraction of sp³-hybridized carbons (Fsp3) is 0.682. The number of nitrogens with zero attached hydrogens (tertiary/aromatic N) is 3. The number of benzene rings is 1. The zero-order valence-corrected chi connectivity index (χ0v) is 17.4. The van der Waals surface area contributed by atoms with Crippen LogP contribution >= 0.6 is 0 Å². The summed E-state index contributed by atoms with van der Waals surface area (Å²) >= 11 is 0. The molecule has 146 valence electrons. The molecule has 0 radical (unpaired) electrons. The van der Waals surface area contributed by atoms with Crippen molar-refractivity contribution in [1.82, 2.24) is 14.9 Å². The van der Waals surface area contributed by atoms with Crippen molar-refractivity contribution in [3.8, 4) is 0 Å². The molecular weight excluding hydrogens is 320 g/mol. The molecule has 0 saturated heterocycles. The zero-order valence-electron chi connectivity index (χ0n) is 17.4. The Labute approximate surface area is 160 Å². The Hall–Kier alpha value is -1.55. The highest BCUT2D eigenvalue weighted by Crippen LogP contribution is 2.24. The summed E-state index contributed by atoms with van der Waals surface area (Å²) in [5, 5.41) is 3.22. The molecule has 0 saturated carbocycles. The first-order valence-electron chi connectivity index (χ1n) is 10.6. The van der Waals surface area contributed by atoms with Gasteiger partial charge in [-0.3, -0.25) is 0 Å². The molecule has 1 aromatic heterocycles. The normalized spacial score (nSPS) is 11.4. The van der Waals surface area contributed by atoms with Crippen LogP contribution in [0.3, 0.4) is 0 Å². The van der Waals surface area contributed by atoms with Crippen molar-refractivity contribution in [1.29, 1.82) is 0 Å². The maximum Gasteiger partial charge on any atom is 0.109 e. The largest absolute Gasteiger partial charge is 0.371 e. The lowest BCUT2D eigenvalue weighted by Gasteiger charge is -2.23. The average molecular weight is 359 g/mol. The smallest absolute Gasteiger partial charge is 0.109 e. The lowest BCUT2D eigenvalue weighted by molar-refractivity contribution is 0.588. The van der Waals surface area contributed by atoms with Crippen LogP contribution in [0.25, 0.3) is 11.0 Å². The summed E-state index contributed by atoms with van der Waals surface area (Å²) in [5.74, 6) is 1.23. The van der Waals surface area contributed by atoms with E-state index in [9.17, 15) is 0 Å². The maximum atomic E-state index is 4.95. The van der Waals surface area contributed by atoms with Gasteiger partial charge in [-0.2, -0.15) is 0 Å². The van der Waals surface area contributed by atoms with E-state index in [2.05, 4.69) is 53.9 Å². The van der Waals surface area contributed by atoms with Crippen LogP contribution in [-0.4, -0.2) is 36.2 Å². The minimum absolute atomic E-state index is 1.08. The molecule has 0 spiro atoms. The number of nitrogens with one attached hydrogen (secondary N) is 1. The standard InChI is InChI=1S/C22H38N4/c1-5-16-26(17-6-2)19-13-14-21-20(18-19)24-22(25(21)4)12-10-8-7-9-11-15-23-3/h13-14,18,23H,5-12,15-17H2,1-4H3. The molecule has 4 nitrogen and oxygen atoms in total. The van der Waals surface area contributed by atoms with E-state index < -0.39 is 0 Å². The van der Waals surface area contributed by atoms with E-state index in [0.717, 1.165) is 31.6 Å². The van der Waals surface area contributed by atoms with Crippen LogP contribution < -0.4 is 10.2 Å². The molecule has 0 aliphatic heterocycles. The summed E-state index contributed by atoms with van der Waals surface area (Å²) < 4.78 is 2.28. The van der Waals surface area contributed by atoms with E-state index in [1.165, 1.54) is 62.0 Å². The molecule has 2 rings (SSSR count). The Bertz CT molecular complexity index is 641. The minimum Gasteiger partial charge on any atom is -0.371 e. The van der Waals surface area contributed by atoms with Gasteiger partial charge in [-0.1, -0.05) is 33.1 Å². The number of fused-ring (bicyclic) bond motifs is 1. The zero-order chi connectivity index (χ0) is 18.8. The van der Waals surface area contributed by atoms with Crippen LogP contribution in [0.4, 0.5) is 5.69 Å². The highest BCUT2D eigenvalue weighted by molar-refractivity contribution is 5.80. The average Bonchev–Trinajstić information content (AvgIpc) is 2.96. The van der Waals surface area contributed by atoms with Gasteiger partial charge in [-0.25, -0.2) is 4.98 Å². The van der Waals surface area contributed by atoms with E-state index in [0.29, 0.717) is 0 Å². The molecule has 0 unspecified atom stereocenters. The summed E-state index contributed by atoms with van der Waals surface area (Å²) in [5.41, 5.74) is 3.72. The number of hydrogen-bond donors (Lipinski definition) is 1. The van der Waals surface area contributed by atoms with E-state index in [1.807, 2.05) is 7.05 Å². The van der Waals surface area contributed by atoms with Gasteiger partial charge >= 0.3 is 0 Å². The summed E-state index contributed by atoms with van der Waals surface area (Å²) in [7, 11) is 4.19. The fourth-order valence-corrected chi connectivity index (χ4v) is 3.68. The third-order valence-corrected chi connectivity index (χ3v) is 5.14. The second-order valence-corrected chi connectivity index (χ2v) is 7.37. The number of rotatable bonds is 13.